The van der Waals surface area contributed by atoms with Crippen LogP contribution < -0.4 is 10.1 Å². The van der Waals surface area contributed by atoms with Gasteiger partial charge in [-0.25, -0.2) is 4.79 Å². The van der Waals surface area contributed by atoms with Gasteiger partial charge in [-0.3, -0.25) is 4.79 Å². The van der Waals surface area contributed by atoms with Crippen LogP contribution in [0.1, 0.15) is 54.6 Å². The van der Waals surface area contributed by atoms with Crippen molar-refractivity contribution in [2.45, 2.75) is 52.1 Å². The van der Waals surface area contributed by atoms with Gasteiger partial charge in [-0.2, -0.15) is 0 Å². The Bertz CT molecular complexity index is 846. The van der Waals surface area contributed by atoms with Crippen molar-refractivity contribution in [2.75, 3.05) is 11.9 Å². The van der Waals surface area contributed by atoms with Gasteiger partial charge in [0, 0.05) is 0 Å². The Morgan fingerprint density at radius 1 is 1.04 bits per heavy atom. The highest BCUT2D eigenvalue weighted by Crippen LogP contribution is 2.26. The highest BCUT2D eigenvalue weighted by Gasteiger charge is 2.22. The van der Waals surface area contributed by atoms with Gasteiger partial charge in [-0.1, -0.05) is 25.1 Å². The van der Waals surface area contributed by atoms with Crippen molar-refractivity contribution in [3.63, 3.8) is 0 Å². The zero-order valence-electron chi connectivity index (χ0n) is 16.5. The van der Waals surface area contributed by atoms with Gasteiger partial charge in [0.25, 0.3) is 5.91 Å². The van der Waals surface area contributed by atoms with Crippen molar-refractivity contribution in [2.24, 2.45) is 0 Å². The number of anilines is 1. The van der Waals surface area contributed by atoms with Crippen LogP contribution >= 0.6 is 0 Å². The molecule has 3 rings (SSSR count). The lowest BCUT2D eigenvalue weighted by Gasteiger charge is -2.21. The summed E-state index contributed by atoms with van der Waals surface area (Å²) in [6.07, 6.45) is 4.47. The minimum atomic E-state index is -0.642. The summed E-state index contributed by atoms with van der Waals surface area (Å²) in [6.45, 7) is 3.93. The Hall–Kier alpha value is -2.82. The largest absolute Gasteiger partial charge is 0.481 e. The summed E-state index contributed by atoms with van der Waals surface area (Å²) in [4.78, 5) is 24.9. The van der Waals surface area contributed by atoms with Gasteiger partial charge in [0.2, 0.25) is 0 Å². The maximum atomic E-state index is 12.8. The summed E-state index contributed by atoms with van der Waals surface area (Å²) < 4.78 is 11.0. The first-order valence-corrected chi connectivity index (χ1v) is 9.97. The molecule has 2 aromatic carbocycles. The number of benzene rings is 2. The van der Waals surface area contributed by atoms with Crippen molar-refractivity contribution < 1.29 is 19.1 Å². The van der Waals surface area contributed by atoms with Gasteiger partial charge in [-0.15, -0.1) is 0 Å². The van der Waals surface area contributed by atoms with E-state index in [0.29, 0.717) is 23.4 Å². The quantitative estimate of drug-likeness (QED) is 0.715. The van der Waals surface area contributed by atoms with E-state index in [1.165, 1.54) is 24.0 Å². The summed E-state index contributed by atoms with van der Waals surface area (Å²) in [7, 11) is 0. The first-order chi connectivity index (χ1) is 13.6. The van der Waals surface area contributed by atoms with E-state index in [2.05, 4.69) is 17.4 Å². The number of nitrogens with one attached hydrogen (secondary N) is 1. The lowest BCUT2D eigenvalue weighted by molar-refractivity contribution is -0.122. The molecule has 1 atom stereocenters. The zero-order valence-corrected chi connectivity index (χ0v) is 16.5. The van der Waals surface area contributed by atoms with Crippen molar-refractivity contribution >= 4 is 17.6 Å². The third kappa shape index (κ3) is 4.71. The van der Waals surface area contributed by atoms with Crippen LogP contribution in [0.4, 0.5) is 5.69 Å². The molecule has 0 saturated heterocycles. The molecule has 5 nitrogen and oxygen atoms in total. The average molecular weight is 381 g/mol. The maximum Gasteiger partial charge on any atom is 0.340 e. The SMILES string of the molecule is CCOC(=O)c1ccccc1NC(=O)C(CC)Oc1ccc2c(c1)CCCC2. The zero-order chi connectivity index (χ0) is 19.9. The Labute approximate surface area is 166 Å². The van der Waals surface area contributed by atoms with Gasteiger partial charge in [0.1, 0.15) is 5.75 Å². The number of carbonyl (C=O) groups is 2. The molecule has 0 heterocycles. The Kier molecular flexibility index (Phi) is 6.69. The summed E-state index contributed by atoms with van der Waals surface area (Å²) in [5.74, 6) is -0.0275. The summed E-state index contributed by atoms with van der Waals surface area (Å²) in [6, 6.07) is 12.9. The molecular formula is C23H27NO4. The van der Waals surface area contributed by atoms with E-state index in [4.69, 9.17) is 9.47 Å². The summed E-state index contributed by atoms with van der Waals surface area (Å²) in [5.41, 5.74) is 3.45. The number of carbonyl (C=O) groups excluding carboxylic acids is 2. The molecular weight excluding hydrogens is 354 g/mol. The first kappa shape index (κ1) is 19.9. The second-order valence-electron chi connectivity index (χ2n) is 6.91. The molecule has 148 valence electrons. The third-order valence-electron chi connectivity index (χ3n) is 4.94. The normalized spacial score (nSPS) is 13.9. The minimum Gasteiger partial charge on any atom is -0.481 e. The lowest BCUT2D eigenvalue weighted by Crippen LogP contribution is -2.33. The second-order valence-corrected chi connectivity index (χ2v) is 6.91. The molecule has 1 amide bonds. The van der Waals surface area contributed by atoms with Crippen LogP contribution in [0.15, 0.2) is 42.5 Å². The van der Waals surface area contributed by atoms with Crippen LogP contribution in [0, 0.1) is 0 Å². The average Bonchev–Trinajstić information content (AvgIpc) is 2.72. The minimum absolute atomic E-state index is 0.278. The third-order valence-corrected chi connectivity index (χ3v) is 4.94. The fourth-order valence-electron chi connectivity index (χ4n) is 3.46. The Morgan fingerprint density at radius 3 is 2.54 bits per heavy atom. The molecule has 2 aromatic rings. The van der Waals surface area contributed by atoms with Crippen LogP contribution in [0.5, 0.6) is 5.75 Å². The number of hydrogen-bond donors (Lipinski definition) is 1. The lowest BCUT2D eigenvalue weighted by atomic mass is 9.92. The molecule has 28 heavy (non-hydrogen) atoms. The molecule has 0 aromatic heterocycles. The first-order valence-electron chi connectivity index (χ1n) is 9.97. The van der Waals surface area contributed by atoms with E-state index in [1.54, 1.807) is 31.2 Å². The predicted molar refractivity (Wildman–Crippen MR) is 109 cm³/mol. The van der Waals surface area contributed by atoms with Gasteiger partial charge >= 0.3 is 5.97 Å². The van der Waals surface area contributed by atoms with Gasteiger partial charge < -0.3 is 14.8 Å². The van der Waals surface area contributed by atoms with E-state index < -0.39 is 12.1 Å². The Balaban J connectivity index is 1.72. The molecule has 1 aliphatic rings. The molecule has 0 fully saturated rings. The van der Waals surface area contributed by atoms with Crippen molar-refractivity contribution in [3.8, 4) is 5.75 Å². The van der Waals surface area contributed by atoms with E-state index in [9.17, 15) is 9.59 Å². The smallest absolute Gasteiger partial charge is 0.340 e. The number of esters is 1. The maximum absolute atomic E-state index is 12.8. The molecule has 1 aliphatic carbocycles. The Morgan fingerprint density at radius 2 is 1.79 bits per heavy atom. The molecule has 0 bridgehead atoms. The number of fused-ring (bicyclic) bond motifs is 1. The molecule has 1 unspecified atom stereocenters. The number of rotatable bonds is 7. The van der Waals surface area contributed by atoms with E-state index in [0.717, 1.165) is 12.8 Å². The highest BCUT2D eigenvalue weighted by molar-refractivity contribution is 6.02. The summed E-state index contributed by atoms with van der Waals surface area (Å²) >= 11 is 0. The number of para-hydroxylation sites is 1. The molecule has 0 radical (unpaired) electrons. The van der Waals surface area contributed by atoms with Crippen molar-refractivity contribution in [3.05, 3.63) is 59.2 Å². The fraction of sp³-hybridized carbons (Fsp3) is 0.391. The number of amides is 1. The topological polar surface area (TPSA) is 64.6 Å². The van der Waals surface area contributed by atoms with E-state index in [1.807, 2.05) is 13.0 Å². The van der Waals surface area contributed by atoms with E-state index in [-0.39, 0.29) is 12.5 Å². The van der Waals surface area contributed by atoms with Gasteiger partial charge in [-0.05, 0) is 74.4 Å². The number of ether oxygens (including phenoxy) is 2. The van der Waals surface area contributed by atoms with Crippen LogP contribution in [0.3, 0.4) is 0 Å². The van der Waals surface area contributed by atoms with Crippen LogP contribution in [0.2, 0.25) is 0 Å². The van der Waals surface area contributed by atoms with Gasteiger partial charge in [0.05, 0.1) is 17.9 Å². The van der Waals surface area contributed by atoms with Crippen LogP contribution in [-0.2, 0) is 22.4 Å². The van der Waals surface area contributed by atoms with Crippen molar-refractivity contribution in [1.82, 2.24) is 0 Å². The van der Waals surface area contributed by atoms with Crippen LogP contribution in [0.25, 0.3) is 0 Å². The molecule has 0 spiro atoms. The second kappa shape index (κ2) is 9.40. The van der Waals surface area contributed by atoms with E-state index >= 15 is 0 Å². The van der Waals surface area contributed by atoms with Crippen molar-refractivity contribution in [1.29, 1.82) is 0 Å². The van der Waals surface area contributed by atoms with Gasteiger partial charge in [0.15, 0.2) is 6.10 Å². The molecule has 1 N–H and O–H groups in total. The summed E-state index contributed by atoms with van der Waals surface area (Å²) in [5, 5.41) is 2.82. The molecule has 0 saturated carbocycles. The monoisotopic (exact) mass is 381 g/mol. The standard InChI is InChI=1S/C23H27NO4/c1-3-21(28-18-14-13-16-9-5-6-10-17(16)15-18)22(25)24-20-12-8-7-11-19(20)23(26)27-4-2/h7-8,11-15,21H,3-6,9-10H2,1-2H3,(H,24,25). The molecule has 0 aliphatic heterocycles. The molecule has 5 heteroatoms. The van der Waals surface area contributed by atoms with Crippen LogP contribution in [-0.4, -0.2) is 24.6 Å². The predicted octanol–water partition coefficient (Wildman–Crippen LogP) is 4.54. The number of aryl methyl sites for hydroxylation is 2. The fourth-order valence-corrected chi connectivity index (χ4v) is 3.46. The number of hydrogen-bond acceptors (Lipinski definition) is 4. The highest BCUT2D eigenvalue weighted by atomic mass is 16.5.